The van der Waals surface area contributed by atoms with Crippen molar-refractivity contribution in [1.29, 1.82) is 0 Å². The number of nitrogens with zero attached hydrogens (tertiary/aromatic N) is 2. The predicted octanol–water partition coefficient (Wildman–Crippen LogP) is 6.71. The fraction of sp³-hybridized carbons (Fsp3) is 0.667. The number of anilines is 1. The van der Waals surface area contributed by atoms with Gasteiger partial charge in [-0.05, 0) is 12.0 Å². The lowest BCUT2D eigenvalue weighted by Gasteiger charge is -2.26. The molecular formula is C27H42N2O3. The van der Waals surface area contributed by atoms with Crippen LogP contribution in [0.2, 0.25) is 0 Å². The van der Waals surface area contributed by atoms with Gasteiger partial charge < -0.3 is 18.8 Å². The smallest absolute Gasteiger partial charge is 0.226 e. The molecule has 1 unspecified atom stereocenters. The summed E-state index contributed by atoms with van der Waals surface area (Å²) in [7, 11) is 1.77. The number of hydrogen-bond donors (Lipinski definition) is 0. The van der Waals surface area contributed by atoms with E-state index in [0.717, 1.165) is 63.0 Å². The summed E-state index contributed by atoms with van der Waals surface area (Å²) in [4.78, 5) is 7.20. The van der Waals surface area contributed by atoms with Crippen LogP contribution >= 0.6 is 0 Å². The van der Waals surface area contributed by atoms with Crippen LogP contribution in [0.3, 0.4) is 0 Å². The molecule has 5 nitrogen and oxygen atoms in total. The van der Waals surface area contributed by atoms with Crippen molar-refractivity contribution in [3.8, 4) is 0 Å². The number of oxazole rings is 1. The van der Waals surface area contributed by atoms with E-state index in [1.54, 1.807) is 7.11 Å². The number of rotatable bonds is 15. The molecule has 0 N–H and O–H groups in total. The Hall–Kier alpha value is -1.85. The minimum Gasteiger partial charge on any atom is -0.422 e. The van der Waals surface area contributed by atoms with E-state index >= 15 is 0 Å². The lowest BCUT2D eigenvalue weighted by molar-refractivity contribution is 0.0695. The third-order valence-corrected chi connectivity index (χ3v) is 6.34. The van der Waals surface area contributed by atoms with Crippen molar-refractivity contribution in [3.63, 3.8) is 0 Å². The van der Waals surface area contributed by atoms with E-state index in [-0.39, 0.29) is 6.10 Å². The molecule has 0 radical (unpaired) electrons. The van der Waals surface area contributed by atoms with Crippen molar-refractivity contribution < 1.29 is 13.9 Å². The van der Waals surface area contributed by atoms with Gasteiger partial charge in [0, 0.05) is 26.6 Å². The second-order valence-electron chi connectivity index (χ2n) is 8.91. The van der Waals surface area contributed by atoms with Gasteiger partial charge >= 0.3 is 0 Å². The summed E-state index contributed by atoms with van der Waals surface area (Å²) in [5.41, 5.74) is 2.25. The highest BCUT2D eigenvalue weighted by Crippen LogP contribution is 2.31. The quantitative estimate of drug-likeness (QED) is 0.287. The SMILES string of the molecule is CCCCCCCCCCCC(OC)c1nc(Cc2ccccc2)c(N2CCOCC2)o1. The summed E-state index contributed by atoms with van der Waals surface area (Å²) in [6, 6.07) is 10.5. The van der Waals surface area contributed by atoms with Crippen molar-refractivity contribution in [2.75, 3.05) is 38.3 Å². The average Bonchev–Trinajstić information content (AvgIpc) is 3.25. The third kappa shape index (κ3) is 7.93. The molecule has 1 aromatic heterocycles. The van der Waals surface area contributed by atoms with Crippen molar-refractivity contribution in [1.82, 2.24) is 4.98 Å². The second kappa shape index (κ2) is 14.3. The van der Waals surface area contributed by atoms with Crippen LogP contribution in [0.15, 0.2) is 34.7 Å². The number of benzene rings is 1. The molecule has 0 saturated carbocycles. The summed E-state index contributed by atoms with van der Waals surface area (Å²) in [6.45, 7) is 5.41. The van der Waals surface area contributed by atoms with Crippen molar-refractivity contribution >= 4 is 5.88 Å². The molecule has 1 fully saturated rings. The Morgan fingerprint density at radius 1 is 0.938 bits per heavy atom. The minimum absolute atomic E-state index is 0.0798. The molecular weight excluding hydrogens is 400 g/mol. The standard InChI is InChI=1S/C27H42N2O3/c1-3-4-5-6-7-8-9-10-14-17-25(30-2)26-28-24(22-23-15-12-11-13-16-23)27(32-26)29-18-20-31-21-19-29/h11-13,15-16,25H,3-10,14,17-22H2,1-2H3. The third-order valence-electron chi connectivity index (χ3n) is 6.34. The van der Waals surface area contributed by atoms with Crippen LogP contribution in [0.1, 0.15) is 94.4 Å². The van der Waals surface area contributed by atoms with Gasteiger partial charge in [0.1, 0.15) is 11.8 Å². The first-order valence-corrected chi connectivity index (χ1v) is 12.7. The molecule has 3 rings (SSSR count). The zero-order valence-corrected chi connectivity index (χ0v) is 20.2. The molecule has 178 valence electrons. The Bertz CT molecular complexity index is 741. The highest BCUT2D eigenvalue weighted by molar-refractivity contribution is 5.44. The summed E-state index contributed by atoms with van der Waals surface area (Å²) in [6.07, 6.45) is 13.6. The summed E-state index contributed by atoms with van der Waals surface area (Å²) in [5.74, 6) is 1.61. The van der Waals surface area contributed by atoms with Crippen LogP contribution in [0.25, 0.3) is 0 Å². The van der Waals surface area contributed by atoms with Crippen molar-refractivity contribution in [2.24, 2.45) is 0 Å². The van der Waals surface area contributed by atoms with E-state index in [0.29, 0.717) is 0 Å². The number of morpholine rings is 1. The fourth-order valence-electron chi connectivity index (χ4n) is 4.40. The van der Waals surface area contributed by atoms with Gasteiger partial charge in [-0.1, -0.05) is 95.0 Å². The first-order valence-electron chi connectivity index (χ1n) is 12.7. The van der Waals surface area contributed by atoms with Gasteiger partial charge in [0.25, 0.3) is 0 Å². The van der Waals surface area contributed by atoms with Gasteiger partial charge in [-0.3, -0.25) is 0 Å². The van der Waals surface area contributed by atoms with Crippen LogP contribution in [-0.2, 0) is 15.9 Å². The Balaban J connectivity index is 1.56. The topological polar surface area (TPSA) is 47.7 Å². The van der Waals surface area contributed by atoms with E-state index in [2.05, 4.69) is 36.1 Å². The molecule has 2 heterocycles. The molecule has 1 aliphatic heterocycles. The van der Waals surface area contributed by atoms with E-state index in [1.807, 2.05) is 6.07 Å². The fourth-order valence-corrected chi connectivity index (χ4v) is 4.40. The molecule has 32 heavy (non-hydrogen) atoms. The van der Waals surface area contributed by atoms with Crippen LogP contribution in [0, 0.1) is 0 Å². The van der Waals surface area contributed by atoms with E-state index in [9.17, 15) is 0 Å². The molecule has 0 bridgehead atoms. The highest BCUT2D eigenvalue weighted by Gasteiger charge is 2.25. The molecule has 1 saturated heterocycles. The number of unbranched alkanes of at least 4 members (excludes halogenated alkanes) is 8. The molecule has 0 spiro atoms. The Morgan fingerprint density at radius 2 is 1.59 bits per heavy atom. The van der Waals surface area contributed by atoms with Crippen LogP contribution in [0.5, 0.6) is 0 Å². The number of methoxy groups -OCH3 is 1. The molecule has 2 aromatic rings. The van der Waals surface area contributed by atoms with Crippen molar-refractivity contribution in [3.05, 3.63) is 47.5 Å². The number of hydrogen-bond acceptors (Lipinski definition) is 5. The minimum atomic E-state index is -0.0798. The van der Waals surface area contributed by atoms with Gasteiger partial charge in [-0.25, -0.2) is 4.98 Å². The largest absolute Gasteiger partial charge is 0.422 e. The Kier molecular flexibility index (Phi) is 11.1. The maximum absolute atomic E-state index is 6.35. The van der Waals surface area contributed by atoms with Gasteiger partial charge in [0.15, 0.2) is 0 Å². The normalized spacial score (nSPS) is 15.2. The van der Waals surface area contributed by atoms with Crippen molar-refractivity contribution in [2.45, 2.75) is 83.7 Å². The van der Waals surface area contributed by atoms with E-state index in [4.69, 9.17) is 18.9 Å². The first-order chi connectivity index (χ1) is 15.8. The van der Waals surface area contributed by atoms with E-state index in [1.165, 1.54) is 56.9 Å². The van der Waals surface area contributed by atoms with Gasteiger partial charge in [0.05, 0.1) is 13.2 Å². The summed E-state index contributed by atoms with van der Waals surface area (Å²) in [5, 5.41) is 0. The monoisotopic (exact) mass is 442 g/mol. The van der Waals surface area contributed by atoms with Crippen LogP contribution in [-0.4, -0.2) is 38.4 Å². The molecule has 1 aromatic carbocycles. The van der Waals surface area contributed by atoms with Crippen LogP contribution < -0.4 is 4.90 Å². The zero-order valence-electron chi connectivity index (χ0n) is 20.2. The molecule has 1 aliphatic rings. The zero-order chi connectivity index (χ0) is 22.4. The average molecular weight is 443 g/mol. The summed E-state index contributed by atoms with van der Waals surface area (Å²) >= 11 is 0. The second-order valence-corrected chi connectivity index (χ2v) is 8.91. The molecule has 0 amide bonds. The summed E-state index contributed by atoms with van der Waals surface area (Å²) < 4.78 is 17.7. The Labute approximate surface area is 194 Å². The van der Waals surface area contributed by atoms with Gasteiger partial charge in [-0.15, -0.1) is 0 Å². The van der Waals surface area contributed by atoms with E-state index < -0.39 is 0 Å². The molecule has 0 aliphatic carbocycles. The lowest BCUT2D eigenvalue weighted by Crippen LogP contribution is -2.36. The highest BCUT2D eigenvalue weighted by atomic mass is 16.5. The lowest BCUT2D eigenvalue weighted by atomic mass is 10.0. The van der Waals surface area contributed by atoms with Gasteiger partial charge in [0.2, 0.25) is 11.8 Å². The maximum Gasteiger partial charge on any atom is 0.226 e. The van der Waals surface area contributed by atoms with Gasteiger partial charge in [-0.2, -0.15) is 0 Å². The predicted molar refractivity (Wildman–Crippen MR) is 130 cm³/mol. The number of aromatic nitrogens is 1. The molecule has 1 atom stereocenters. The first kappa shape index (κ1) is 24.8. The molecule has 5 heteroatoms. The van der Waals surface area contributed by atoms with Crippen LogP contribution in [0.4, 0.5) is 5.88 Å². The maximum atomic E-state index is 6.35. The number of ether oxygens (including phenoxy) is 2. The Morgan fingerprint density at radius 3 is 2.25 bits per heavy atom.